The van der Waals surface area contributed by atoms with Crippen molar-refractivity contribution < 1.29 is 4.39 Å². The maximum absolute atomic E-state index is 13.6. The maximum atomic E-state index is 13.6. The summed E-state index contributed by atoms with van der Waals surface area (Å²) in [6.45, 7) is 3.31. The summed E-state index contributed by atoms with van der Waals surface area (Å²) in [6.07, 6.45) is 1.79. The van der Waals surface area contributed by atoms with Crippen LogP contribution in [0.1, 0.15) is 18.2 Å². The van der Waals surface area contributed by atoms with Crippen LogP contribution in [0, 0.1) is 10.5 Å². The summed E-state index contributed by atoms with van der Waals surface area (Å²) >= 11 is 2.23. The molecule has 0 aliphatic carbocycles. The van der Waals surface area contributed by atoms with Crippen LogP contribution in [0.2, 0.25) is 0 Å². The number of halogens is 2. The molecule has 1 aromatic heterocycles. The Bertz CT molecular complexity index is 326. The van der Waals surface area contributed by atoms with Gasteiger partial charge in [-0.2, -0.15) is 5.10 Å². The zero-order valence-corrected chi connectivity index (χ0v) is 10.2. The Morgan fingerprint density at radius 1 is 1.71 bits per heavy atom. The van der Waals surface area contributed by atoms with Gasteiger partial charge in [-0.3, -0.25) is 4.68 Å². The molecule has 0 unspecified atom stereocenters. The van der Waals surface area contributed by atoms with Gasteiger partial charge < -0.3 is 5.32 Å². The van der Waals surface area contributed by atoms with E-state index in [0.29, 0.717) is 6.54 Å². The van der Waals surface area contributed by atoms with E-state index in [1.807, 2.05) is 11.6 Å². The van der Waals surface area contributed by atoms with E-state index in [4.69, 9.17) is 0 Å². The van der Waals surface area contributed by atoms with Gasteiger partial charge in [0.05, 0.1) is 15.8 Å². The van der Waals surface area contributed by atoms with Crippen LogP contribution in [-0.2, 0) is 0 Å². The topological polar surface area (TPSA) is 29.9 Å². The second-order valence-electron chi connectivity index (χ2n) is 3.60. The molecule has 78 valence electrons. The minimum atomic E-state index is -0.821. The fourth-order valence-corrected chi connectivity index (χ4v) is 2.19. The third-order valence-electron chi connectivity index (χ3n) is 2.67. The van der Waals surface area contributed by atoms with E-state index in [9.17, 15) is 4.39 Å². The van der Waals surface area contributed by atoms with Crippen LogP contribution in [0.25, 0.3) is 0 Å². The third-order valence-corrected chi connectivity index (χ3v) is 3.73. The van der Waals surface area contributed by atoms with Gasteiger partial charge in [-0.15, -0.1) is 0 Å². The molecule has 0 radical (unpaired) electrons. The third kappa shape index (κ3) is 1.79. The summed E-state index contributed by atoms with van der Waals surface area (Å²) in [7, 11) is 0. The van der Waals surface area contributed by atoms with Crippen LogP contribution >= 0.6 is 22.6 Å². The first-order valence-electron chi connectivity index (χ1n) is 4.74. The zero-order valence-electron chi connectivity index (χ0n) is 8.00. The van der Waals surface area contributed by atoms with E-state index in [1.54, 1.807) is 6.20 Å². The first-order chi connectivity index (χ1) is 6.70. The smallest absolute Gasteiger partial charge is 0.135 e. The molecule has 0 spiro atoms. The van der Waals surface area contributed by atoms with Gasteiger partial charge >= 0.3 is 0 Å². The Morgan fingerprint density at radius 3 is 3.07 bits per heavy atom. The molecule has 0 bridgehead atoms. The van der Waals surface area contributed by atoms with Crippen LogP contribution in [0.5, 0.6) is 0 Å². The summed E-state index contributed by atoms with van der Waals surface area (Å²) in [5, 5.41) is 7.27. The number of aromatic nitrogens is 2. The number of nitrogens with one attached hydrogen (secondary N) is 1. The summed E-state index contributed by atoms with van der Waals surface area (Å²) < 4.78 is 16.5. The molecule has 1 aromatic rings. The van der Waals surface area contributed by atoms with Gasteiger partial charge in [0, 0.05) is 12.2 Å². The van der Waals surface area contributed by atoms with E-state index < -0.39 is 6.17 Å². The molecule has 1 aliphatic heterocycles. The predicted molar refractivity (Wildman–Crippen MR) is 61.1 cm³/mol. The van der Waals surface area contributed by atoms with E-state index in [2.05, 4.69) is 33.0 Å². The number of nitrogens with zero attached hydrogens (tertiary/aromatic N) is 2. The monoisotopic (exact) mass is 309 g/mol. The minimum Gasteiger partial charge on any atom is -0.314 e. The lowest BCUT2D eigenvalue weighted by Gasteiger charge is -2.27. The van der Waals surface area contributed by atoms with Crippen molar-refractivity contribution in [3.8, 4) is 0 Å². The summed E-state index contributed by atoms with van der Waals surface area (Å²) in [4.78, 5) is 0. The maximum Gasteiger partial charge on any atom is 0.135 e. The van der Waals surface area contributed by atoms with Gasteiger partial charge in [-0.25, -0.2) is 4.39 Å². The fraction of sp³-hybridized carbons (Fsp3) is 0.667. The van der Waals surface area contributed by atoms with Crippen LogP contribution in [-0.4, -0.2) is 29.0 Å². The minimum absolute atomic E-state index is 0.0836. The van der Waals surface area contributed by atoms with Crippen LogP contribution in [0.4, 0.5) is 4.39 Å². The number of piperidine rings is 1. The summed E-state index contributed by atoms with van der Waals surface area (Å²) in [5.41, 5.74) is 1.07. The average molecular weight is 309 g/mol. The molecule has 1 saturated heterocycles. The molecule has 3 nitrogen and oxygen atoms in total. The summed E-state index contributed by atoms with van der Waals surface area (Å²) in [6, 6.07) is -0.0836. The largest absolute Gasteiger partial charge is 0.314 e. The van der Waals surface area contributed by atoms with Gasteiger partial charge in [0.2, 0.25) is 0 Å². The van der Waals surface area contributed by atoms with Crippen LogP contribution in [0.15, 0.2) is 6.20 Å². The second kappa shape index (κ2) is 4.14. The van der Waals surface area contributed by atoms with Crippen LogP contribution in [0.3, 0.4) is 0 Å². The highest BCUT2D eigenvalue weighted by Gasteiger charge is 2.27. The van der Waals surface area contributed by atoms with Crippen molar-refractivity contribution in [1.82, 2.24) is 15.1 Å². The standard InChI is InChI=1S/C9H13FIN3/c1-6-8(11)5-13-14(6)9-2-3-12-4-7(9)10/h5,7,9,12H,2-4H2,1H3/t7-,9+/m0/s1. The molecular formula is C9H13FIN3. The highest BCUT2D eigenvalue weighted by atomic mass is 127. The Hall–Kier alpha value is -0.170. The number of hydrogen-bond acceptors (Lipinski definition) is 2. The fourth-order valence-electron chi connectivity index (χ4n) is 1.82. The lowest BCUT2D eigenvalue weighted by atomic mass is 10.1. The molecular weight excluding hydrogens is 296 g/mol. The molecule has 2 rings (SSSR count). The molecule has 0 aromatic carbocycles. The van der Waals surface area contributed by atoms with Crippen LogP contribution < -0.4 is 5.32 Å². The van der Waals surface area contributed by atoms with Crippen molar-refractivity contribution in [3.63, 3.8) is 0 Å². The van der Waals surface area contributed by atoms with Gasteiger partial charge in [-0.1, -0.05) is 0 Å². The summed E-state index contributed by atoms with van der Waals surface area (Å²) in [5.74, 6) is 0. The molecule has 1 N–H and O–H groups in total. The van der Waals surface area contributed by atoms with E-state index in [-0.39, 0.29) is 6.04 Å². The zero-order chi connectivity index (χ0) is 10.1. The number of alkyl halides is 1. The Labute approximate surface area is 96.2 Å². The van der Waals surface area contributed by atoms with E-state index in [1.165, 1.54) is 0 Å². The Kier molecular flexibility index (Phi) is 3.06. The first-order valence-corrected chi connectivity index (χ1v) is 5.82. The number of rotatable bonds is 1. The molecule has 0 saturated carbocycles. The van der Waals surface area contributed by atoms with Gasteiger partial charge in [-0.05, 0) is 42.5 Å². The molecule has 5 heteroatoms. The van der Waals surface area contributed by atoms with Crippen molar-refractivity contribution >= 4 is 22.6 Å². The lowest BCUT2D eigenvalue weighted by molar-refractivity contribution is 0.171. The number of hydrogen-bond donors (Lipinski definition) is 1. The Balaban J connectivity index is 2.24. The molecule has 2 atom stereocenters. The van der Waals surface area contributed by atoms with Crippen molar-refractivity contribution in [2.24, 2.45) is 0 Å². The second-order valence-corrected chi connectivity index (χ2v) is 4.76. The average Bonchev–Trinajstić information content (AvgIpc) is 2.49. The van der Waals surface area contributed by atoms with Gasteiger partial charge in [0.25, 0.3) is 0 Å². The molecule has 1 fully saturated rings. The predicted octanol–water partition coefficient (Wildman–Crippen LogP) is 1.67. The molecule has 1 aliphatic rings. The van der Waals surface area contributed by atoms with Crippen molar-refractivity contribution in [3.05, 3.63) is 15.5 Å². The first kappa shape index (κ1) is 10.4. The van der Waals surface area contributed by atoms with Crippen molar-refractivity contribution in [2.45, 2.75) is 25.6 Å². The quantitative estimate of drug-likeness (QED) is 0.800. The molecule has 0 amide bonds. The van der Waals surface area contributed by atoms with E-state index in [0.717, 1.165) is 22.2 Å². The molecule has 2 heterocycles. The molecule has 14 heavy (non-hydrogen) atoms. The Morgan fingerprint density at radius 2 is 2.50 bits per heavy atom. The van der Waals surface area contributed by atoms with Gasteiger partial charge in [0.15, 0.2) is 0 Å². The highest BCUT2D eigenvalue weighted by molar-refractivity contribution is 14.1. The normalized spacial score (nSPS) is 27.9. The van der Waals surface area contributed by atoms with E-state index >= 15 is 0 Å². The van der Waals surface area contributed by atoms with Crippen molar-refractivity contribution in [1.29, 1.82) is 0 Å². The SMILES string of the molecule is Cc1c(I)cnn1[C@@H]1CCNC[C@@H]1F. The van der Waals surface area contributed by atoms with Gasteiger partial charge in [0.1, 0.15) is 6.17 Å². The highest BCUT2D eigenvalue weighted by Crippen LogP contribution is 2.24. The van der Waals surface area contributed by atoms with Crippen molar-refractivity contribution in [2.75, 3.05) is 13.1 Å². The lowest BCUT2D eigenvalue weighted by Crippen LogP contribution is -2.39.